The van der Waals surface area contributed by atoms with Crippen LogP contribution in [0.3, 0.4) is 0 Å². The highest BCUT2D eigenvalue weighted by Crippen LogP contribution is 2.18. The molecule has 0 saturated heterocycles. The molecule has 0 rings (SSSR count). The van der Waals surface area contributed by atoms with E-state index in [1.807, 2.05) is 6.92 Å². The Labute approximate surface area is 155 Å². The third-order valence-electron chi connectivity index (χ3n) is 4.70. The van der Waals surface area contributed by atoms with Crippen LogP contribution in [0, 0.1) is 11.8 Å². The summed E-state index contributed by atoms with van der Waals surface area (Å²) in [6.07, 6.45) is 13.3. The average Bonchev–Trinajstić information content (AvgIpc) is 2.58. The second-order valence-electron chi connectivity index (χ2n) is 7.02. The molecule has 0 aromatic rings. The monoisotopic (exact) mass is 358 g/mol. The van der Waals surface area contributed by atoms with Crippen LogP contribution >= 0.6 is 0 Å². The van der Waals surface area contributed by atoms with Crippen LogP contribution < -0.4 is 0 Å². The predicted molar refractivity (Wildman–Crippen MR) is 105 cm³/mol. The van der Waals surface area contributed by atoms with Crippen molar-refractivity contribution in [3.8, 4) is 0 Å². The normalized spacial score (nSPS) is 12.8. The van der Waals surface area contributed by atoms with E-state index >= 15 is 0 Å². The van der Waals surface area contributed by atoms with Gasteiger partial charge in [-0.05, 0) is 25.2 Å². The lowest BCUT2D eigenvalue weighted by Gasteiger charge is -2.11. The van der Waals surface area contributed by atoms with Crippen LogP contribution in [0.25, 0.3) is 0 Å². The lowest BCUT2D eigenvalue weighted by atomic mass is 9.94. The van der Waals surface area contributed by atoms with E-state index in [0.717, 1.165) is 38.5 Å². The van der Waals surface area contributed by atoms with Crippen LogP contribution in [0.4, 0.5) is 0 Å². The topological polar surface area (TPSA) is 74.6 Å². The number of rotatable bonds is 15. The van der Waals surface area contributed by atoms with Crippen LogP contribution in [0.5, 0.6) is 0 Å². The summed E-state index contributed by atoms with van der Waals surface area (Å²) in [5.41, 5.74) is 0. The molecule has 2 atom stereocenters. The molecule has 0 amide bonds. The summed E-state index contributed by atoms with van der Waals surface area (Å²) in [7, 11) is 0. The van der Waals surface area contributed by atoms with Crippen molar-refractivity contribution in [1.82, 2.24) is 0 Å². The highest BCUT2D eigenvalue weighted by molar-refractivity contribution is 5.69. The van der Waals surface area contributed by atoms with Gasteiger partial charge in [-0.15, -0.1) is 0 Å². The fourth-order valence-corrected chi connectivity index (χ4v) is 2.93. The molecule has 0 saturated carbocycles. The van der Waals surface area contributed by atoms with E-state index in [1.165, 1.54) is 38.5 Å². The zero-order valence-corrected chi connectivity index (χ0v) is 17.1. The Balaban J connectivity index is 0. The third-order valence-corrected chi connectivity index (χ3v) is 4.70. The number of carboxylic acids is 2. The van der Waals surface area contributed by atoms with E-state index < -0.39 is 11.9 Å². The minimum absolute atomic E-state index is 0.0955. The molecule has 0 bridgehead atoms. The maximum Gasteiger partial charge on any atom is 0.306 e. The van der Waals surface area contributed by atoms with Gasteiger partial charge in [0.05, 0.1) is 5.92 Å². The smallest absolute Gasteiger partial charge is 0.306 e. The summed E-state index contributed by atoms with van der Waals surface area (Å²) in [6.45, 7) is 8.52. The van der Waals surface area contributed by atoms with Gasteiger partial charge in [-0.3, -0.25) is 9.59 Å². The molecular weight excluding hydrogens is 316 g/mol. The number of hydrogen-bond donors (Lipinski definition) is 2. The molecule has 4 heteroatoms. The summed E-state index contributed by atoms with van der Waals surface area (Å²) >= 11 is 0. The van der Waals surface area contributed by atoms with Crippen molar-refractivity contribution >= 4 is 11.9 Å². The summed E-state index contributed by atoms with van der Waals surface area (Å²) in [5.74, 6) is -0.744. The number of unbranched alkanes of at least 4 members (excludes halogenated alkanes) is 4. The van der Waals surface area contributed by atoms with Crippen molar-refractivity contribution in [2.75, 3.05) is 0 Å². The van der Waals surface area contributed by atoms with Gasteiger partial charge in [0.25, 0.3) is 0 Å². The van der Waals surface area contributed by atoms with Crippen molar-refractivity contribution in [2.45, 2.75) is 111 Å². The summed E-state index contributed by atoms with van der Waals surface area (Å²) in [4.78, 5) is 21.0. The molecule has 0 radical (unpaired) electrons. The van der Waals surface area contributed by atoms with Crippen molar-refractivity contribution in [3.63, 3.8) is 0 Å². The van der Waals surface area contributed by atoms with Gasteiger partial charge in [0.15, 0.2) is 0 Å². The number of carbonyl (C=O) groups is 2. The van der Waals surface area contributed by atoms with Gasteiger partial charge in [-0.1, -0.05) is 85.5 Å². The first-order chi connectivity index (χ1) is 11.9. The molecule has 0 fully saturated rings. The molecule has 25 heavy (non-hydrogen) atoms. The SMILES string of the molecule is CCCCC(CC)CCC(=O)O.CCCCCCC(CCC)C(=O)O. The molecule has 150 valence electrons. The molecule has 0 aliphatic rings. The second kappa shape index (κ2) is 19.3. The van der Waals surface area contributed by atoms with Crippen LogP contribution in [0.2, 0.25) is 0 Å². The van der Waals surface area contributed by atoms with Crippen LogP contribution in [-0.2, 0) is 9.59 Å². The molecule has 0 aliphatic carbocycles. The number of hydrogen-bond acceptors (Lipinski definition) is 2. The van der Waals surface area contributed by atoms with Gasteiger partial charge in [-0.2, -0.15) is 0 Å². The van der Waals surface area contributed by atoms with E-state index in [0.29, 0.717) is 12.3 Å². The molecule has 0 aromatic heterocycles. The Morgan fingerprint density at radius 3 is 1.80 bits per heavy atom. The summed E-state index contributed by atoms with van der Waals surface area (Å²) in [5, 5.41) is 17.3. The van der Waals surface area contributed by atoms with Gasteiger partial charge < -0.3 is 10.2 Å². The number of aliphatic carboxylic acids is 2. The fraction of sp³-hybridized carbons (Fsp3) is 0.905. The third kappa shape index (κ3) is 19.1. The Kier molecular flexibility index (Phi) is 20.2. The number of carboxylic acid groups (broad SMARTS) is 2. The lowest BCUT2D eigenvalue weighted by Crippen LogP contribution is -2.13. The lowest BCUT2D eigenvalue weighted by molar-refractivity contribution is -0.142. The highest BCUT2D eigenvalue weighted by atomic mass is 16.4. The Bertz CT molecular complexity index is 315. The Hall–Kier alpha value is -1.06. The molecular formula is C21H42O4. The van der Waals surface area contributed by atoms with Crippen molar-refractivity contribution < 1.29 is 19.8 Å². The molecule has 2 unspecified atom stereocenters. The molecule has 2 N–H and O–H groups in total. The minimum Gasteiger partial charge on any atom is -0.481 e. The molecule has 0 spiro atoms. The maximum absolute atomic E-state index is 10.8. The van der Waals surface area contributed by atoms with Crippen LogP contribution in [0.1, 0.15) is 111 Å². The predicted octanol–water partition coefficient (Wildman–Crippen LogP) is 6.53. The highest BCUT2D eigenvalue weighted by Gasteiger charge is 2.14. The second-order valence-corrected chi connectivity index (χ2v) is 7.02. The Morgan fingerprint density at radius 1 is 0.720 bits per heavy atom. The summed E-state index contributed by atoms with van der Waals surface area (Å²) < 4.78 is 0. The first-order valence-corrected chi connectivity index (χ1v) is 10.4. The van der Waals surface area contributed by atoms with Crippen molar-refractivity contribution in [3.05, 3.63) is 0 Å². The summed E-state index contributed by atoms with van der Waals surface area (Å²) in [6, 6.07) is 0. The van der Waals surface area contributed by atoms with E-state index in [9.17, 15) is 9.59 Å². The van der Waals surface area contributed by atoms with E-state index in [-0.39, 0.29) is 5.92 Å². The zero-order valence-electron chi connectivity index (χ0n) is 17.1. The van der Waals surface area contributed by atoms with Crippen molar-refractivity contribution in [2.24, 2.45) is 11.8 Å². The molecule has 0 aromatic carbocycles. The first kappa shape index (κ1) is 26.2. The van der Waals surface area contributed by atoms with Gasteiger partial charge >= 0.3 is 11.9 Å². The Morgan fingerprint density at radius 2 is 1.36 bits per heavy atom. The van der Waals surface area contributed by atoms with E-state index in [1.54, 1.807) is 0 Å². The average molecular weight is 359 g/mol. The van der Waals surface area contributed by atoms with Crippen LogP contribution in [0.15, 0.2) is 0 Å². The van der Waals surface area contributed by atoms with Crippen LogP contribution in [-0.4, -0.2) is 22.2 Å². The standard InChI is InChI=1S/C11H22O2.C10H20O2/c1-3-5-6-7-9-10(8-4-2)11(12)13;1-3-5-6-9(4-2)7-8-10(11)12/h10H,3-9H2,1-2H3,(H,12,13);9H,3-8H2,1-2H3,(H,11,12). The quantitative estimate of drug-likeness (QED) is 0.326. The largest absolute Gasteiger partial charge is 0.481 e. The van der Waals surface area contributed by atoms with Gasteiger partial charge in [0, 0.05) is 6.42 Å². The van der Waals surface area contributed by atoms with E-state index in [2.05, 4.69) is 20.8 Å². The molecule has 4 nitrogen and oxygen atoms in total. The van der Waals surface area contributed by atoms with Gasteiger partial charge in [0.2, 0.25) is 0 Å². The maximum atomic E-state index is 10.8. The zero-order chi connectivity index (χ0) is 19.5. The fourth-order valence-electron chi connectivity index (χ4n) is 2.93. The molecule has 0 aliphatic heterocycles. The van der Waals surface area contributed by atoms with Crippen molar-refractivity contribution in [1.29, 1.82) is 0 Å². The van der Waals surface area contributed by atoms with Gasteiger partial charge in [0.1, 0.15) is 0 Å². The van der Waals surface area contributed by atoms with E-state index in [4.69, 9.17) is 10.2 Å². The molecule has 0 heterocycles. The van der Waals surface area contributed by atoms with Gasteiger partial charge in [-0.25, -0.2) is 0 Å². The first-order valence-electron chi connectivity index (χ1n) is 10.4. The minimum atomic E-state index is -0.662.